The molecular weight excluding hydrogens is 441 g/mol. The van der Waals surface area contributed by atoms with Gasteiger partial charge in [0.2, 0.25) is 5.95 Å². The quantitative estimate of drug-likeness (QED) is 0.501. The molecule has 1 aromatic heterocycles. The first kappa shape index (κ1) is 23.4. The van der Waals surface area contributed by atoms with Crippen molar-refractivity contribution >= 4 is 23.1 Å². The highest BCUT2D eigenvalue weighted by atomic mass is 19.1. The summed E-state index contributed by atoms with van der Waals surface area (Å²) in [5.41, 5.74) is 4.30. The van der Waals surface area contributed by atoms with E-state index in [9.17, 15) is 4.39 Å². The topological polar surface area (TPSA) is 53.5 Å². The molecule has 0 radical (unpaired) electrons. The zero-order valence-electron chi connectivity index (χ0n) is 21.2. The van der Waals surface area contributed by atoms with E-state index in [1.165, 1.54) is 17.4 Å². The van der Waals surface area contributed by atoms with Crippen molar-refractivity contribution in [3.8, 4) is 5.75 Å². The van der Waals surface area contributed by atoms with Crippen LogP contribution in [0.15, 0.2) is 48.7 Å². The molecule has 2 aromatic carbocycles. The fourth-order valence-electron chi connectivity index (χ4n) is 5.15. The van der Waals surface area contributed by atoms with Crippen LogP contribution in [0.25, 0.3) is 0 Å². The number of hydrogen-bond acceptors (Lipinski definition) is 6. The van der Waals surface area contributed by atoms with Crippen molar-refractivity contribution in [2.75, 3.05) is 35.3 Å². The Morgan fingerprint density at radius 2 is 1.71 bits per heavy atom. The van der Waals surface area contributed by atoms with Crippen LogP contribution in [-0.2, 0) is 5.41 Å². The molecule has 3 aromatic rings. The SMILES string of the molecule is COc1ccc(N2CC3CCC(C2)N3c2ncc(F)c(Nc3cc(C(C)(C)C)ccc3C)n2)cc1. The van der Waals surface area contributed by atoms with Crippen molar-refractivity contribution in [1.29, 1.82) is 0 Å². The van der Waals surface area contributed by atoms with E-state index < -0.39 is 5.82 Å². The molecule has 2 unspecified atom stereocenters. The minimum atomic E-state index is -0.446. The molecular formula is C28H34FN5O. The van der Waals surface area contributed by atoms with Gasteiger partial charge < -0.3 is 19.9 Å². The van der Waals surface area contributed by atoms with Crippen LogP contribution in [0.2, 0.25) is 0 Å². The number of nitrogens with zero attached hydrogens (tertiary/aromatic N) is 4. The van der Waals surface area contributed by atoms with E-state index in [0.717, 1.165) is 42.9 Å². The van der Waals surface area contributed by atoms with E-state index in [4.69, 9.17) is 4.74 Å². The van der Waals surface area contributed by atoms with Gasteiger partial charge in [0.05, 0.1) is 13.3 Å². The number of fused-ring (bicyclic) bond motifs is 2. The lowest BCUT2D eigenvalue weighted by Crippen LogP contribution is -2.54. The van der Waals surface area contributed by atoms with Gasteiger partial charge in [-0.1, -0.05) is 32.9 Å². The molecule has 7 heteroatoms. The van der Waals surface area contributed by atoms with Gasteiger partial charge in [-0.2, -0.15) is 4.98 Å². The van der Waals surface area contributed by atoms with E-state index in [0.29, 0.717) is 18.0 Å². The zero-order valence-corrected chi connectivity index (χ0v) is 21.2. The van der Waals surface area contributed by atoms with E-state index in [1.54, 1.807) is 7.11 Å². The van der Waals surface area contributed by atoms with Crippen molar-refractivity contribution in [3.63, 3.8) is 0 Å². The Morgan fingerprint density at radius 3 is 2.34 bits per heavy atom. The van der Waals surface area contributed by atoms with Gasteiger partial charge in [-0.3, -0.25) is 0 Å². The van der Waals surface area contributed by atoms with Gasteiger partial charge in [0.1, 0.15) is 5.75 Å². The predicted molar refractivity (Wildman–Crippen MR) is 140 cm³/mol. The number of aryl methyl sites for hydroxylation is 1. The van der Waals surface area contributed by atoms with Gasteiger partial charge in [-0.15, -0.1) is 0 Å². The van der Waals surface area contributed by atoms with Crippen molar-refractivity contribution in [2.45, 2.75) is 58.0 Å². The summed E-state index contributed by atoms with van der Waals surface area (Å²) in [6.45, 7) is 10.3. The molecule has 0 spiro atoms. The molecule has 2 fully saturated rings. The Labute approximate surface area is 207 Å². The van der Waals surface area contributed by atoms with Gasteiger partial charge in [0, 0.05) is 36.5 Å². The first-order chi connectivity index (χ1) is 16.7. The maximum atomic E-state index is 14.8. The Hall–Kier alpha value is -3.35. The number of piperazine rings is 1. The molecule has 0 saturated carbocycles. The number of nitrogens with one attached hydrogen (secondary N) is 1. The average Bonchev–Trinajstić information content (AvgIpc) is 3.10. The van der Waals surface area contributed by atoms with E-state index in [1.807, 2.05) is 19.1 Å². The predicted octanol–water partition coefficient (Wildman–Crippen LogP) is 5.83. The number of benzene rings is 2. The van der Waals surface area contributed by atoms with Crippen LogP contribution in [-0.4, -0.2) is 42.3 Å². The third kappa shape index (κ3) is 4.64. The summed E-state index contributed by atoms with van der Waals surface area (Å²) in [5.74, 6) is 1.23. The van der Waals surface area contributed by atoms with Gasteiger partial charge in [0.15, 0.2) is 11.6 Å². The van der Waals surface area contributed by atoms with Gasteiger partial charge in [0.25, 0.3) is 0 Å². The van der Waals surface area contributed by atoms with E-state index in [-0.39, 0.29) is 11.2 Å². The lowest BCUT2D eigenvalue weighted by Gasteiger charge is -2.42. The summed E-state index contributed by atoms with van der Waals surface area (Å²) in [4.78, 5) is 13.8. The highest BCUT2D eigenvalue weighted by Crippen LogP contribution is 2.36. The standard InChI is InChI=1S/C28H34FN5O/c1-18-6-7-19(28(2,3)4)14-25(18)31-26-24(29)15-30-27(32-26)34-21-8-9-22(34)17-33(16-21)20-10-12-23(35-5)13-11-20/h6-7,10-15,21-22H,8-9,16-17H2,1-5H3,(H,30,31,32). The normalized spacial score (nSPS) is 19.7. The molecule has 2 aliphatic heterocycles. The smallest absolute Gasteiger partial charge is 0.228 e. The fraction of sp³-hybridized carbons (Fsp3) is 0.429. The van der Waals surface area contributed by atoms with Crippen molar-refractivity contribution in [1.82, 2.24) is 9.97 Å². The van der Waals surface area contributed by atoms with E-state index in [2.05, 4.69) is 76.2 Å². The molecule has 2 aliphatic rings. The van der Waals surface area contributed by atoms with Crippen molar-refractivity contribution < 1.29 is 9.13 Å². The minimum absolute atomic E-state index is 0.00224. The Bertz CT molecular complexity index is 1190. The second-order valence-corrected chi connectivity index (χ2v) is 10.7. The number of aromatic nitrogens is 2. The minimum Gasteiger partial charge on any atom is -0.497 e. The Morgan fingerprint density at radius 1 is 1.03 bits per heavy atom. The summed E-state index contributed by atoms with van der Waals surface area (Å²) in [6.07, 6.45) is 3.45. The zero-order chi connectivity index (χ0) is 24.7. The van der Waals surface area contributed by atoms with Crippen molar-refractivity contribution in [2.24, 2.45) is 0 Å². The highest BCUT2D eigenvalue weighted by molar-refractivity contribution is 5.63. The Kier molecular flexibility index (Phi) is 6.03. The van der Waals surface area contributed by atoms with Gasteiger partial charge >= 0.3 is 0 Å². The van der Waals surface area contributed by atoms with Crippen LogP contribution in [0, 0.1) is 12.7 Å². The fourth-order valence-corrected chi connectivity index (χ4v) is 5.15. The highest BCUT2D eigenvalue weighted by Gasteiger charge is 2.41. The maximum Gasteiger partial charge on any atom is 0.228 e. The van der Waals surface area contributed by atoms with Crippen LogP contribution in [0.4, 0.5) is 27.5 Å². The number of ether oxygens (including phenoxy) is 1. The molecule has 2 bridgehead atoms. The third-order valence-electron chi connectivity index (χ3n) is 7.24. The monoisotopic (exact) mass is 475 g/mol. The molecule has 6 nitrogen and oxygen atoms in total. The van der Waals surface area contributed by atoms with Crippen LogP contribution in [0.1, 0.15) is 44.7 Å². The van der Waals surface area contributed by atoms with Crippen LogP contribution < -0.4 is 19.9 Å². The molecule has 0 aliphatic carbocycles. The molecule has 2 saturated heterocycles. The largest absolute Gasteiger partial charge is 0.497 e. The second kappa shape index (κ2) is 9.02. The number of rotatable bonds is 5. The summed E-state index contributed by atoms with van der Waals surface area (Å²) < 4.78 is 20.1. The molecule has 35 heavy (non-hydrogen) atoms. The first-order valence-corrected chi connectivity index (χ1v) is 12.3. The molecule has 0 amide bonds. The first-order valence-electron chi connectivity index (χ1n) is 12.3. The summed E-state index contributed by atoms with van der Waals surface area (Å²) in [5, 5.41) is 3.25. The number of halogens is 1. The summed E-state index contributed by atoms with van der Waals surface area (Å²) in [6, 6.07) is 15.1. The second-order valence-electron chi connectivity index (χ2n) is 10.7. The molecule has 2 atom stereocenters. The van der Waals surface area contributed by atoms with E-state index >= 15 is 0 Å². The molecule has 5 rings (SSSR count). The number of methoxy groups -OCH3 is 1. The van der Waals surface area contributed by atoms with Crippen LogP contribution >= 0.6 is 0 Å². The summed E-state index contributed by atoms with van der Waals surface area (Å²) >= 11 is 0. The maximum absolute atomic E-state index is 14.8. The van der Waals surface area contributed by atoms with Crippen molar-refractivity contribution in [3.05, 3.63) is 65.6 Å². The molecule has 184 valence electrons. The molecule has 3 heterocycles. The van der Waals surface area contributed by atoms with Gasteiger partial charge in [-0.25, -0.2) is 9.37 Å². The molecule has 1 N–H and O–H groups in total. The lowest BCUT2D eigenvalue weighted by atomic mass is 9.86. The number of anilines is 4. The Balaban J connectivity index is 1.38. The van der Waals surface area contributed by atoms with Gasteiger partial charge in [-0.05, 0) is 66.6 Å². The lowest BCUT2D eigenvalue weighted by molar-refractivity contribution is 0.414. The average molecular weight is 476 g/mol. The summed E-state index contributed by atoms with van der Waals surface area (Å²) in [7, 11) is 1.68. The van der Waals surface area contributed by atoms with Crippen LogP contribution in [0.3, 0.4) is 0 Å². The number of hydrogen-bond donors (Lipinski definition) is 1. The van der Waals surface area contributed by atoms with Crippen LogP contribution in [0.5, 0.6) is 5.75 Å². The third-order valence-corrected chi connectivity index (χ3v) is 7.24.